The minimum absolute atomic E-state index is 0.947. The summed E-state index contributed by atoms with van der Waals surface area (Å²) in [5, 5.41) is 0. The van der Waals surface area contributed by atoms with Crippen LogP contribution in [0.4, 0.5) is 0 Å². The lowest BCUT2D eigenvalue weighted by Crippen LogP contribution is -2.16. The molecule has 1 aromatic carbocycles. The lowest BCUT2D eigenvalue weighted by atomic mass is 10.0. The minimum Gasteiger partial charge on any atom is -0.302 e. The number of pyridine rings is 1. The highest BCUT2D eigenvalue weighted by atomic mass is 15.1. The third-order valence-corrected chi connectivity index (χ3v) is 3.34. The van der Waals surface area contributed by atoms with Crippen LogP contribution in [0.5, 0.6) is 0 Å². The predicted octanol–water partition coefficient (Wildman–Crippen LogP) is 3.82. The van der Waals surface area contributed by atoms with Gasteiger partial charge < -0.3 is 4.90 Å². The van der Waals surface area contributed by atoms with Crippen molar-refractivity contribution < 1.29 is 0 Å². The summed E-state index contributed by atoms with van der Waals surface area (Å²) < 4.78 is 0. The van der Waals surface area contributed by atoms with E-state index in [9.17, 15) is 0 Å². The van der Waals surface area contributed by atoms with Gasteiger partial charge in [0.15, 0.2) is 0 Å². The molecule has 0 fully saturated rings. The van der Waals surface area contributed by atoms with E-state index in [1.165, 1.54) is 27.8 Å². The van der Waals surface area contributed by atoms with Gasteiger partial charge in [0.1, 0.15) is 0 Å². The Hall–Kier alpha value is -1.67. The van der Waals surface area contributed by atoms with Crippen LogP contribution in [0, 0.1) is 13.8 Å². The maximum Gasteiger partial charge on any atom is 0.0346 e. The molecule has 0 saturated carbocycles. The van der Waals surface area contributed by atoms with Crippen LogP contribution in [0.25, 0.3) is 11.1 Å². The average Bonchev–Trinajstić information content (AvgIpc) is 2.38. The number of aromatic nitrogens is 1. The molecule has 2 aromatic rings. The molecule has 1 aromatic heterocycles. The van der Waals surface area contributed by atoms with Crippen LogP contribution in [0.2, 0.25) is 0 Å². The van der Waals surface area contributed by atoms with E-state index in [-0.39, 0.29) is 0 Å². The van der Waals surface area contributed by atoms with Gasteiger partial charge in [0.2, 0.25) is 0 Å². The summed E-state index contributed by atoms with van der Waals surface area (Å²) in [6.07, 6.45) is 3.90. The Morgan fingerprint density at radius 2 is 1.63 bits per heavy atom. The van der Waals surface area contributed by atoms with Crippen molar-refractivity contribution in [3.8, 4) is 11.1 Å². The number of rotatable bonds is 4. The molecule has 1 heterocycles. The molecular weight excluding hydrogens is 232 g/mol. The lowest BCUT2D eigenvalue weighted by Gasteiger charge is -2.14. The molecule has 19 heavy (non-hydrogen) atoms. The van der Waals surface area contributed by atoms with Gasteiger partial charge in [0, 0.05) is 24.5 Å². The highest BCUT2D eigenvalue weighted by molar-refractivity contribution is 5.64. The molecule has 0 unspecified atom stereocenters. The largest absolute Gasteiger partial charge is 0.302 e. The summed E-state index contributed by atoms with van der Waals surface area (Å²) in [4.78, 5) is 6.66. The normalized spacial score (nSPS) is 11.0. The zero-order chi connectivity index (χ0) is 13.8. The molecule has 0 amide bonds. The average molecular weight is 254 g/mol. The van der Waals surface area contributed by atoms with Gasteiger partial charge in [0.05, 0.1) is 0 Å². The number of benzene rings is 1. The van der Waals surface area contributed by atoms with Crippen LogP contribution in [0.15, 0.2) is 36.7 Å². The van der Waals surface area contributed by atoms with Crippen LogP contribution < -0.4 is 0 Å². The summed E-state index contributed by atoms with van der Waals surface area (Å²) in [5.41, 5.74) is 6.32. The topological polar surface area (TPSA) is 16.1 Å². The van der Waals surface area contributed by atoms with Crippen LogP contribution in [-0.4, -0.2) is 23.5 Å². The summed E-state index contributed by atoms with van der Waals surface area (Å²) in [6.45, 7) is 8.44. The zero-order valence-corrected chi connectivity index (χ0v) is 12.3. The van der Waals surface area contributed by atoms with Crippen molar-refractivity contribution in [3.05, 3.63) is 53.3 Å². The van der Waals surface area contributed by atoms with E-state index in [2.05, 4.69) is 62.0 Å². The molecule has 2 heteroatoms. The van der Waals surface area contributed by atoms with E-state index in [1.807, 2.05) is 12.4 Å². The van der Waals surface area contributed by atoms with Gasteiger partial charge in [-0.25, -0.2) is 0 Å². The molecule has 0 aliphatic heterocycles. The van der Waals surface area contributed by atoms with Crippen molar-refractivity contribution in [2.45, 2.75) is 27.3 Å². The van der Waals surface area contributed by atoms with Crippen molar-refractivity contribution >= 4 is 0 Å². The maximum atomic E-state index is 4.38. The summed E-state index contributed by atoms with van der Waals surface area (Å²) >= 11 is 0. The third-order valence-electron chi connectivity index (χ3n) is 3.34. The minimum atomic E-state index is 0.947. The quantitative estimate of drug-likeness (QED) is 0.824. The highest BCUT2D eigenvalue weighted by Crippen LogP contribution is 2.22. The maximum absolute atomic E-state index is 4.38. The fourth-order valence-corrected chi connectivity index (χ4v) is 2.30. The molecule has 0 bridgehead atoms. The Labute approximate surface area is 116 Å². The predicted molar refractivity (Wildman–Crippen MR) is 81.2 cm³/mol. The van der Waals surface area contributed by atoms with Gasteiger partial charge in [-0.05, 0) is 44.6 Å². The fraction of sp³-hybridized carbons (Fsp3) is 0.353. The summed E-state index contributed by atoms with van der Waals surface area (Å²) in [5.74, 6) is 0. The number of nitrogens with zero attached hydrogens (tertiary/aromatic N) is 2. The van der Waals surface area contributed by atoms with Gasteiger partial charge in [-0.15, -0.1) is 0 Å². The van der Waals surface area contributed by atoms with Crippen molar-refractivity contribution in [1.82, 2.24) is 9.88 Å². The molecule has 0 N–H and O–H groups in total. The molecule has 2 rings (SSSR count). The molecule has 0 spiro atoms. The van der Waals surface area contributed by atoms with Crippen molar-refractivity contribution in [3.63, 3.8) is 0 Å². The molecule has 2 nitrogen and oxygen atoms in total. The molecule has 0 aliphatic carbocycles. The first-order chi connectivity index (χ1) is 9.08. The SMILES string of the molecule is CCN(C)Cc1cncc(-c2cc(C)cc(C)c2)c1. The van der Waals surface area contributed by atoms with E-state index < -0.39 is 0 Å². The van der Waals surface area contributed by atoms with E-state index >= 15 is 0 Å². The second-order valence-corrected chi connectivity index (χ2v) is 5.29. The van der Waals surface area contributed by atoms with Crippen LogP contribution in [-0.2, 0) is 6.54 Å². The smallest absolute Gasteiger partial charge is 0.0346 e. The second-order valence-electron chi connectivity index (χ2n) is 5.29. The van der Waals surface area contributed by atoms with E-state index in [4.69, 9.17) is 0 Å². The first kappa shape index (κ1) is 13.8. The van der Waals surface area contributed by atoms with Gasteiger partial charge in [-0.3, -0.25) is 4.98 Å². The lowest BCUT2D eigenvalue weighted by molar-refractivity contribution is 0.345. The van der Waals surface area contributed by atoms with Gasteiger partial charge in [0.25, 0.3) is 0 Å². The standard InChI is InChI=1S/C17H22N2/c1-5-19(4)12-15-9-17(11-18-10-15)16-7-13(2)6-14(3)8-16/h6-11H,5,12H2,1-4H3. The molecule has 0 aliphatic rings. The Balaban J connectivity index is 2.32. The van der Waals surface area contributed by atoms with E-state index in [1.54, 1.807) is 0 Å². The van der Waals surface area contributed by atoms with Crippen LogP contribution >= 0.6 is 0 Å². The third kappa shape index (κ3) is 3.65. The first-order valence-corrected chi connectivity index (χ1v) is 6.79. The second kappa shape index (κ2) is 5.98. The van der Waals surface area contributed by atoms with Crippen LogP contribution in [0.1, 0.15) is 23.6 Å². The van der Waals surface area contributed by atoms with E-state index in [0.717, 1.165) is 13.1 Å². The summed E-state index contributed by atoms with van der Waals surface area (Å²) in [6, 6.07) is 8.88. The first-order valence-electron chi connectivity index (χ1n) is 6.79. The van der Waals surface area contributed by atoms with Gasteiger partial charge in [-0.2, -0.15) is 0 Å². The Morgan fingerprint density at radius 1 is 0.947 bits per heavy atom. The molecule has 0 atom stereocenters. The zero-order valence-electron chi connectivity index (χ0n) is 12.3. The molecule has 100 valence electrons. The monoisotopic (exact) mass is 254 g/mol. The Bertz CT molecular complexity index is 541. The Kier molecular flexibility index (Phi) is 4.33. The number of aryl methyl sites for hydroxylation is 2. The van der Waals surface area contributed by atoms with Crippen molar-refractivity contribution in [2.24, 2.45) is 0 Å². The van der Waals surface area contributed by atoms with Crippen molar-refractivity contribution in [1.29, 1.82) is 0 Å². The van der Waals surface area contributed by atoms with Crippen LogP contribution in [0.3, 0.4) is 0 Å². The highest BCUT2D eigenvalue weighted by Gasteiger charge is 2.03. The summed E-state index contributed by atoms with van der Waals surface area (Å²) in [7, 11) is 2.13. The fourth-order valence-electron chi connectivity index (χ4n) is 2.30. The Morgan fingerprint density at radius 3 is 2.26 bits per heavy atom. The van der Waals surface area contributed by atoms with Gasteiger partial charge >= 0.3 is 0 Å². The number of hydrogen-bond donors (Lipinski definition) is 0. The van der Waals surface area contributed by atoms with Gasteiger partial charge in [-0.1, -0.05) is 36.2 Å². The molecular formula is C17H22N2. The number of hydrogen-bond acceptors (Lipinski definition) is 2. The molecule has 0 saturated heterocycles. The molecule has 0 radical (unpaired) electrons. The van der Waals surface area contributed by atoms with Crippen molar-refractivity contribution in [2.75, 3.05) is 13.6 Å². The van der Waals surface area contributed by atoms with E-state index in [0.29, 0.717) is 0 Å².